The van der Waals surface area contributed by atoms with Gasteiger partial charge in [-0.05, 0) is 0 Å². The molecule has 58 valence electrons. The molecule has 1 aromatic heterocycles. The largest absolute Gasteiger partial charge is 0 e. The molecule has 0 aromatic carbocycles. The first-order valence-electron chi connectivity index (χ1n) is 2.37. The van der Waals surface area contributed by atoms with Crippen molar-refractivity contribution in [3.63, 3.8) is 0 Å². The third-order valence-electron chi connectivity index (χ3n) is 0.825. The van der Waals surface area contributed by atoms with Crippen molar-refractivity contribution in [3.05, 3.63) is 12.1 Å². The first-order chi connectivity index (χ1) is 4.33. The summed E-state index contributed by atoms with van der Waals surface area (Å²) in [6.07, 6.45) is 1.98. The summed E-state index contributed by atoms with van der Waals surface area (Å²) in [5.74, 6) is 0. The molecule has 0 spiro atoms. The molecule has 0 saturated heterocycles. The SMILES string of the molecule is CSc1ccc([Se])nn1.[Au]. The molecule has 5 heteroatoms. The second-order valence-electron chi connectivity index (χ2n) is 1.41. The van der Waals surface area contributed by atoms with Crippen LogP contribution < -0.4 is 4.59 Å². The number of aromatic nitrogens is 2. The van der Waals surface area contributed by atoms with E-state index in [-0.39, 0.29) is 22.4 Å². The molecule has 0 N–H and O–H groups in total. The minimum Gasteiger partial charge on any atom is 0 e. The predicted octanol–water partition coefficient (Wildman–Crippen LogP) is -0.0102. The van der Waals surface area contributed by atoms with Gasteiger partial charge in [0.15, 0.2) is 0 Å². The first kappa shape index (κ1) is 10.7. The Labute approximate surface area is 87.9 Å². The average Bonchev–Trinajstić information content (AvgIpc) is 1.90. The zero-order chi connectivity index (χ0) is 6.69. The Morgan fingerprint density at radius 2 is 2.10 bits per heavy atom. The van der Waals surface area contributed by atoms with Crippen LogP contribution in [0.25, 0.3) is 0 Å². The van der Waals surface area contributed by atoms with Crippen molar-refractivity contribution in [2.45, 2.75) is 5.03 Å². The van der Waals surface area contributed by atoms with Gasteiger partial charge >= 0.3 is 66.0 Å². The maximum Gasteiger partial charge on any atom is 0 e. The Kier molecular flexibility index (Phi) is 5.72. The molecule has 2 nitrogen and oxygen atoms in total. The molecule has 0 fully saturated rings. The molecule has 2 radical (unpaired) electrons. The van der Waals surface area contributed by atoms with Crippen LogP contribution in [0.5, 0.6) is 0 Å². The van der Waals surface area contributed by atoms with E-state index in [4.69, 9.17) is 0 Å². The second-order valence-corrected chi connectivity index (χ2v) is 3.12. The fourth-order valence-corrected chi connectivity index (χ4v) is 0.972. The zero-order valence-corrected chi connectivity index (χ0v) is 9.86. The molecule has 1 rings (SSSR count). The number of thioether (sulfide) groups is 1. The molecular weight excluding hydrogens is 396 g/mol. The molecule has 0 aliphatic rings. The Morgan fingerprint density at radius 3 is 2.50 bits per heavy atom. The van der Waals surface area contributed by atoms with Gasteiger partial charge in [-0.1, -0.05) is 0 Å². The Balaban J connectivity index is 0.000000810. The van der Waals surface area contributed by atoms with Crippen molar-refractivity contribution >= 4 is 32.4 Å². The summed E-state index contributed by atoms with van der Waals surface area (Å²) < 4.78 is 0.841. The third kappa shape index (κ3) is 3.19. The molecule has 1 aromatic rings. The molecular formula is C5H5AuN2SSe. The minimum absolute atomic E-state index is 0. The van der Waals surface area contributed by atoms with E-state index in [1.165, 1.54) is 0 Å². The van der Waals surface area contributed by atoms with Gasteiger partial charge in [0, 0.05) is 22.4 Å². The van der Waals surface area contributed by atoms with Crippen molar-refractivity contribution in [1.82, 2.24) is 10.2 Å². The minimum atomic E-state index is 0. The monoisotopic (exact) mass is 402 g/mol. The van der Waals surface area contributed by atoms with Gasteiger partial charge in [0.1, 0.15) is 0 Å². The van der Waals surface area contributed by atoms with Crippen LogP contribution in [-0.2, 0) is 22.4 Å². The van der Waals surface area contributed by atoms with E-state index in [0.29, 0.717) is 0 Å². The van der Waals surface area contributed by atoms with Gasteiger partial charge in [-0.3, -0.25) is 0 Å². The first-order valence-corrected chi connectivity index (χ1v) is 4.46. The van der Waals surface area contributed by atoms with Crippen LogP contribution in [0.15, 0.2) is 17.2 Å². The fraction of sp³-hybridized carbons (Fsp3) is 0.200. The van der Waals surface area contributed by atoms with Gasteiger partial charge in [0.05, 0.1) is 0 Å². The van der Waals surface area contributed by atoms with Gasteiger partial charge < -0.3 is 0 Å². The van der Waals surface area contributed by atoms with Crippen LogP contribution in [-0.4, -0.2) is 32.5 Å². The maximum atomic E-state index is 3.88. The molecule has 0 unspecified atom stereocenters. The maximum absolute atomic E-state index is 3.88. The Hall–Kier alpha value is 0.690. The van der Waals surface area contributed by atoms with E-state index in [0.717, 1.165) is 9.62 Å². The average molecular weight is 401 g/mol. The summed E-state index contributed by atoms with van der Waals surface area (Å²) in [7, 11) is 0. The summed E-state index contributed by atoms with van der Waals surface area (Å²) >= 11 is 4.36. The molecule has 0 atom stereocenters. The quantitative estimate of drug-likeness (QED) is 0.490. The molecule has 0 bridgehead atoms. The number of hydrogen-bond donors (Lipinski definition) is 0. The third-order valence-corrected chi connectivity index (χ3v) is 1.92. The summed E-state index contributed by atoms with van der Waals surface area (Å²) in [5.41, 5.74) is 0. The van der Waals surface area contributed by atoms with Gasteiger partial charge in [-0.15, -0.1) is 0 Å². The van der Waals surface area contributed by atoms with Gasteiger partial charge in [-0.2, -0.15) is 0 Å². The summed E-state index contributed by atoms with van der Waals surface area (Å²) in [6, 6.07) is 3.84. The smallest absolute Gasteiger partial charge is 0 e. The van der Waals surface area contributed by atoms with Crippen molar-refractivity contribution in [2.24, 2.45) is 0 Å². The number of hydrogen-bond acceptors (Lipinski definition) is 3. The van der Waals surface area contributed by atoms with Crippen molar-refractivity contribution in [1.29, 1.82) is 0 Å². The fourth-order valence-electron chi connectivity index (χ4n) is 0.417. The number of nitrogens with zero attached hydrogens (tertiary/aromatic N) is 2. The van der Waals surface area contributed by atoms with Crippen molar-refractivity contribution in [2.75, 3.05) is 6.26 Å². The van der Waals surface area contributed by atoms with E-state index in [9.17, 15) is 0 Å². The van der Waals surface area contributed by atoms with Crippen LogP contribution in [0.3, 0.4) is 0 Å². The Bertz CT molecular complexity index is 191. The topological polar surface area (TPSA) is 25.8 Å². The summed E-state index contributed by atoms with van der Waals surface area (Å²) in [5, 5.41) is 8.65. The number of rotatable bonds is 1. The standard InChI is InChI=1S/C5H5N2SSe.Au/c1-8-4-2-3-5(9)7-6-4;/h2-3H,1H3;. The second kappa shape index (κ2) is 5.35. The van der Waals surface area contributed by atoms with E-state index in [2.05, 4.69) is 26.2 Å². The van der Waals surface area contributed by atoms with Crippen LogP contribution >= 0.6 is 11.8 Å². The predicted molar refractivity (Wildman–Crippen MR) is 39.2 cm³/mol. The van der Waals surface area contributed by atoms with E-state index < -0.39 is 0 Å². The summed E-state index contributed by atoms with van der Waals surface area (Å²) in [4.78, 5) is 0. The van der Waals surface area contributed by atoms with E-state index in [1.807, 2.05) is 18.4 Å². The van der Waals surface area contributed by atoms with Gasteiger partial charge in [0.2, 0.25) is 0 Å². The molecule has 0 aliphatic carbocycles. The van der Waals surface area contributed by atoms with Crippen LogP contribution in [0.4, 0.5) is 0 Å². The molecule has 0 saturated carbocycles. The Morgan fingerprint density at radius 1 is 1.40 bits per heavy atom. The van der Waals surface area contributed by atoms with Crippen LogP contribution in [0.2, 0.25) is 0 Å². The summed E-state index contributed by atoms with van der Waals surface area (Å²) in [6.45, 7) is 0. The molecule has 0 aliphatic heterocycles. The molecule has 0 amide bonds. The van der Waals surface area contributed by atoms with Crippen LogP contribution in [0, 0.1) is 0 Å². The molecule has 1 heterocycles. The van der Waals surface area contributed by atoms with E-state index >= 15 is 0 Å². The van der Waals surface area contributed by atoms with Crippen molar-refractivity contribution < 1.29 is 22.4 Å². The van der Waals surface area contributed by atoms with Crippen LogP contribution in [0.1, 0.15) is 0 Å². The van der Waals surface area contributed by atoms with Gasteiger partial charge in [0.25, 0.3) is 0 Å². The van der Waals surface area contributed by atoms with E-state index in [1.54, 1.807) is 11.8 Å². The zero-order valence-electron chi connectivity index (χ0n) is 5.17. The normalized spacial score (nSPS) is 8.50. The van der Waals surface area contributed by atoms with Crippen molar-refractivity contribution in [3.8, 4) is 0 Å². The van der Waals surface area contributed by atoms with Gasteiger partial charge in [-0.25, -0.2) is 0 Å². The molecule has 10 heavy (non-hydrogen) atoms.